The van der Waals surface area contributed by atoms with Crippen LogP contribution in [0.3, 0.4) is 0 Å². The highest BCUT2D eigenvalue weighted by molar-refractivity contribution is 5.98. The van der Waals surface area contributed by atoms with Crippen LogP contribution >= 0.6 is 0 Å². The Morgan fingerprint density at radius 1 is 0.962 bits per heavy atom. The molecule has 5 N–H and O–H groups in total. The Hall–Kier alpha value is -3.35. The third-order valence-electron chi connectivity index (χ3n) is 4.01. The molecule has 3 rings (SSSR count). The number of hydrogen-bond donors (Lipinski definition) is 4. The Labute approximate surface area is 151 Å². The van der Waals surface area contributed by atoms with E-state index in [9.17, 15) is 14.4 Å². The molecule has 0 unspecified atom stereocenters. The zero-order chi connectivity index (χ0) is 18.5. The molecule has 26 heavy (non-hydrogen) atoms. The maximum Gasteiger partial charge on any atom is 0.316 e. The largest absolute Gasteiger partial charge is 0.351 e. The number of carbonyl (C=O) groups excluding carboxylic acids is 3. The van der Waals surface area contributed by atoms with Crippen LogP contribution in [0.5, 0.6) is 0 Å². The van der Waals surface area contributed by atoms with E-state index in [2.05, 4.69) is 16.0 Å². The van der Waals surface area contributed by atoms with Crippen molar-refractivity contribution in [1.29, 1.82) is 0 Å². The van der Waals surface area contributed by atoms with Crippen LogP contribution in [-0.2, 0) is 11.3 Å². The normalized spacial score (nSPS) is 12.9. The van der Waals surface area contributed by atoms with E-state index >= 15 is 0 Å². The van der Waals surface area contributed by atoms with E-state index in [0.717, 1.165) is 18.4 Å². The first-order valence-corrected chi connectivity index (χ1v) is 8.36. The summed E-state index contributed by atoms with van der Waals surface area (Å²) in [5, 5.41) is 8.13. The van der Waals surface area contributed by atoms with Crippen LogP contribution in [0.1, 0.15) is 28.8 Å². The van der Waals surface area contributed by atoms with E-state index in [0.29, 0.717) is 23.5 Å². The maximum absolute atomic E-state index is 12.3. The number of rotatable bonds is 6. The van der Waals surface area contributed by atoms with Gasteiger partial charge in [0.2, 0.25) is 5.91 Å². The van der Waals surface area contributed by atoms with Gasteiger partial charge >= 0.3 is 6.03 Å². The van der Waals surface area contributed by atoms with Crippen LogP contribution in [0.25, 0.3) is 0 Å². The molecule has 2 aromatic carbocycles. The van der Waals surface area contributed by atoms with E-state index < -0.39 is 6.03 Å². The van der Waals surface area contributed by atoms with Gasteiger partial charge in [-0.05, 0) is 48.7 Å². The molecule has 0 heterocycles. The monoisotopic (exact) mass is 352 g/mol. The SMILES string of the molecule is NC(=O)Nc1ccc(CNC(=O)c2cccc(NC(=O)C3CC3)c2)cc1. The molecular formula is C19H20N4O3. The summed E-state index contributed by atoms with van der Waals surface area (Å²) in [6.07, 6.45) is 1.86. The van der Waals surface area contributed by atoms with Gasteiger partial charge in [0, 0.05) is 29.4 Å². The molecule has 0 saturated heterocycles. The number of benzene rings is 2. The standard InChI is InChI=1S/C19H20N4O3/c20-19(26)23-15-8-4-12(5-9-15)11-21-17(24)14-2-1-3-16(10-14)22-18(25)13-6-7-13/h1-5,8-10,13H,6-7,11H2,(H,21,24)(H,22,25)(H3,20,23,26). The van der Waals surface area contributed by atoms with Crippen molar-refractivity contribution in [3.05, 3.63) is 59.7 Å². The second-order valence-corrected chi connectivity index (χ2v) is 6.21. The van der Waals surface area contributed by atoms with Crippen molar-refractivity contribution in [3.8, 4) is 0 Å². The highest BCUT2D eigenvalue weighted by atomic mass is 16.2. The number of primary amides is 1. The van der Waals surface area contributed by atoms with E-state index in [-0.39, 0.29) is 17.7 Å². The molecular weight excluding hydrogens is 332 g/mol. The lowest BCUT2D eigenvalue weighted by Gasteiger charge is -2.09. The van der Waals surface area contributed by atoms with Crippen LogP contribution in [0, 0.1) is 5.92 Å². The first-order valence-electron chi connectivity index (χ1n) is 8.36. The molecule has 1 aliphatic rings. The summed E-state index contributed by atoms with van der Waals surface area (Å²) in [5.41, 5.74) is 7.62. The number of hydrogen-bond acceptors (Lipinski definition) is 3. The Morgan fingerprint density at radius 2 is 1.69 bits per heavy atom. The number of nitrogens with one attached hydrogen (secondary N) is 3. The minimum absolute atomic E-state index is 0.00668. The molecule has 0 radical (unpaired) electrons. The second kappa shape index (κ2) is 7.69. The smallest absolute Gasteiger partial charge is 0.316 e. The molecule has 4 amide bonds. The molecule has 0 bridgehead atoms. The van der Waals surface area contributed by atoms with Gasteiger partial charge in [0.15, 0.2) is 0 Å². The van der Waals surface area contributed by atoms with Gasteiger partial charge in [-0.2, -0.15) is 0 Å². The molecule has 7 heteroatoms. The zero-order valence-electron chi connectivity index (χ0n) is 14.1. The Balaban J connectivity index is 1.55. The fraction of sp³-hybridized carbons (Fsp3) is 0.211. The minimum atomic E-state index is -0.625. The summed E-state index contributed by atoms with van der Waals surface area (Å²) in [7, 11) is 0. The van der Waals surface area contributed by atoms with Gasteiger partial charge in [0.05, 0.1) is 0 Å². The first kappa shape index (κ1) is 17.5. The molecule has 7 nitrogen and oxygen atoms in total. The van der Waals surface area contributed by atoms with E-state index in [1.807, 2.05) is 0 Å². The van der Waals surface area contributed by atoms with Gasteiger partial charge in [-0.25, -0.2) is 4.79 Å². The molecule has 0 aliphatic heterocycles. The number of urea groups is 1. The highest BCUT2D eigenvalue weighted by Crippen LogP contribution is 2.30. The summed E-state index contributed by atoms with van der Waals surface area (Å²) in [5.74, 6) is -0.112. The third-order valence-corrected chi connectivity index (χ3v) is 4.01. The predicted molar refractivity (Wildman–Crippen MR) is 98.6 cm³/mol. The molecule has 134 valence electrons. The molecule has 1 saturated carbocycles. The van der Waals surface area contributed by atoms with Crippen LogP contribution in [0.4, 0.5) is 16.2 Å². The van der Waals surface area contributed by atoms with Gasteiger partial charge in [-0.3, -0.25) is 9.59 Å². The van der Waals surface area contributed by atoms with Crippen molar-refractivity contribution < 1.29 is 14.4 Å². The fourth-order valence-corrected chi connectivity index (χ4v) is 2.46. The lowest BCUT2D eigenvalue weighted by atomic mass is 10.1. The quantitative estimate of drug-likeness (QED) is 0.640. The van der Waals surface area contributed by atoms with Crippen molar-refractivity contribution in [2.24, 2.45) is 11.7 Å². The maximum atomic E-state index is 12.3. The average molecular weight is 352 g/mol. The van der Waals surface area contributed by atoms with Crippen molar-refractivity contribution in [2.45, 2.75) is 19.4 Å². The van der Waals surface area contributed by atoms with Crippen molar-refractivity contribution >= 4 is 29.2 Å². The molecule has 0 atom stereocenters. The first-order chi connectivity index (χ1) is 12.5. The Morgan fingerprint density at radius 3 is 2.35 bits per heavy atom. The summed E-state index contributed by atoms with van der Waals surface area (Å²) in [4.78, 5) is 34.9. The van der Waals surface area contributed by atoms with Crippen LogP contribution in [0.15, 0.2) is 48.5 Å². The van der Waals surface area contributed by atoms with Crippen LogP contribution in [0.2, 0.25) is 0 Å². The number of amides is 4. The molecule has 0 spiro atoms. The molecule has 1 fully saturated rings. The summed E-state index contributed by atoms with van der Waals surface area (Å²) < 4.78 is 0. The van der Waals surface area contributed by atoms with Crippen molar-refractivity contribution in [2.75, 3.05) is 10.6 Å². The molecule has 1 aliphatic carbocycles. The van der Waals surface area contributed by atoms with E-state index in [1.165, 1.54) is 0 Å². The van der Waals surface area contributed by atoms with Gasteiger partial charge in [-0.1, -0.05) is 18.2 Å². The van der Waals surface area contributed by atoms with Crippen molar-refractivity contribution in [1.82, 2.24) is 5.32 Å². The lowest BCUT2D eigenvalue weighted by molar-refractivity contribution is -0.117. The Kier molecular flexibility index (Phi) is 5.17. The fourth-order valence-electron chi connectivity index (χ4n) is 2.46. The number of nitrogens with two attached hydrogens (primary N) is 1. The van der Waals surface area contributed by atoms with Gasteiger partial charge in [0.1, 0.15) is 0 Å². The number of anilines is 2. The van der Waals surface area contributed by atoms with Gasteiger partial charge in [0.25, 0.3) is 5.91 Å². The van der Waals surface area contributed by atoms with E-state index in [4.69, 9.17) is 5.73 Å². The minimum Gasteiger partial charge on any atom is -0.351 e. The highest BCUT2D eigenvalue weighted by Gasteiger charge is 2.29. The van der Waals surface area contributed by atoms with Crippen LogP contribution < -0.4 is 21.7 Å². The predicted octanol–water partition coefficient (Wildman–Crippen LogP) is 2.46. The van der Waals surface area contributed by atoms with Crippen molar-refractivity contribution in [3.63, 3.8) is 0 Å². The van der Waals surface area contributed by atoms with Gasteiger partial charge < -0.3 is 21.7 Å². The third kappa shape index (κ3) is 4.83. The second-order valence-electron chi connectivity index (χ2n) is 6.21. The van der Waals surface area contributed by atoms with Crippen LogP contribution in [-0.4, -0.2) is 17.8 Å². The average Bonchev–Trinajstić information content (AvgIpc) is 3.46. The summed E-state index contributed by atoms with van der Waals surface area (Å²) in [6, 6.07) is 13.2. The molecule has 2 aromatic rings. The lowest BCUT2D eigenvalue weighted by Crippen LogP contribution is -2.23. The topological polar surface area (TPSA) is 113 Å². The van der Waals surface area contributed by atoms with Gasteiger partial charge in [-0.15, -0.1) is 0 Å². The summed E-state index contributed by atoms with van der Waals surface area (Å²) >= 11 is 0. The number of carbonyl (C=O) groups is 3. The summed E-state index contributed by atoms with van der Waals surface area (Å²) in [6.45, 7) is 0.342. The zero-order valence-corrected chi connectivity index (χ0v) is 14.1. The molecule has 0 aromatic heterocycles. The Bertz CT molecular complexity index is 829. The van der Waals surface area contributed by atoms with E-state index in [1.54, 1.807) is 48.5 Å².